The van der Waals surface area contributed by atoms with Gasteiger partial charge in [0.2, 0.25) is 11.9 Å². The summed E-state index contributed by atoms with van der Waals surface area (Å²) in [7, 11) is 0. The monoisotopic (exact) mass is 421 g/mol. The summed E-state index contributed by atoms with van der Waals surface area (Å²) in [6.07, 6.45) is 2.83. The topological polar surface area (TPSA) is 84.7 Å². The molecule has 3 aromatic rings. The minimum Gasteiger partial charge on any atom is -0.508 e. The largest absolute Gasteiger partial charge is 0.508 e. The molecule has 2 atom stereocenters. The van der Waals surface area contributed by atoms with Crippen LogP contribution in [-0.2, 0) is 14.3 Å². The maximum Gasteiger partial charge on any atom is 0.321 e. The van der Waals surface area contributed by atoms with Crippen molar-refractivity contribution in [3.63, 3.8) is 0 Å². The summed E-state index contributed by atoms with van der Waals surface area (Å²) in [6, 6.07) is 13.7. The Labute approximate surface area is 181 Å². The lowest BCUT2D eigenvalue weighted by Crippen LogP contribution is -2.50. The van der Waals surface area contributed by atoms with Crippen LogP contribution < -0.4 is 4.90 Å². The van der Waals surface area contributed by atoms with Crippen LogP contribution in [0.1, 0.15) is 44.7 Å². The second kappa shape index (κ2) is 8.79. The first-order valence-corrected chi connectivity index (χ1v) is 10.8. The fourth-order valence-electron chi connectivity index (χ4n) is 4.25. The Hall–Kier alpha value is -3.35. The number of unbranched alkanes of at least 4 members (excludes halogenated alkanes) is 2. The van der Waals surface area contributed by atoms with E-state index in [0.717, 1.165) is 35.9 Å². The average Bonchev–Trinajstić information content (AvgIpc) is 3.15. The summed E-state index contributed by atoms with van der Waals surface area (Å²) < 4.78 is 7.30. The van der Waals surface area contributed by atoms with E-state index in [1.54, 1.807) is 36.1 Å². The number of carbonyl (C=O) groups excluding carboxylic acids is 2. The lowest BCUT2D eigenvalue weighted by Gasteiger charge is -2.38. The standard InChI is InChI=1S/C24H27N3O4/c1-3-5-8-15-26-22(29)20(23(30)31-4-2)21(16-11-13-17(28)14-12-16)27-19-10-7-6-9-18(19)25-24(26)27/h6-7,9-14,20-21,28H,3-5,8,15H2,1-2H3/t20-,21-/m0/s1. The van der Waals surface area contributed by atoms with Gasteiger partial charge in [-0.25, -0.2) is 4.98 Å². The highest BCUT2D eigenvalue weighted by Gasteiger charge is 2.47. The summed E-state index contributed by atoms with van der Waals surface area (Å²) in [6.45, 7) is 4.53. The Morgan fingerprint density at radius 2 is 1.84 bits per heavy atom. The molecule has 2 aromatic carbocycles. The zero-order valence-electron chi connectivity index (χ0n) is 17.8. The highest BCUT2D eigenvalue weighted by atomic mass is 16.5. The first-order chi connectivity index (χ1) is 15.1. The minimum absolute atomic E-state index is 0.121. The zero-order chi connectivity index (χ0) is 22.0. The van der Waals surface area contributed by atoms with Crippen molar-refractivity contribution in [3.05, 3.63) is 54.1 Å². The number of hydrogen-bond donors (Lipinski definition) is 1. The molecule has 0 aliphatic carbocycles. The van der Waals surface area contributed by atoms with Crippen LogP contribution in [0, 0.1) is 5.92 Å². The number of esters is 1. The smallest absolute Gasteiger partial charge is 0.321 e. The molecular formula is C24H27N3O4. The molecule has 7 nitrogen and oxygen atoms in total. The normalized spacial score (nSPS) is 18.3. The second-order valence-corrected chi connectivity index (χ2v) is 7.73. The minimum atomic E-state index is -1.03. The predicted molar refractivity (Wildman–Crippen MR) is 118 cm³/mol. The third kappa shape index (κ3) is 3.76. The van der Waals surface area contributed by atoms with Crippen molar-refractivity contribution in [3.8, 4) is 5.75 Å². The van der Waals surface area contributed by atoms with Crippen LogP contribution in [0.3, 0.4) is 0 Å². The highest BCUT2D eigenvalue weighted by molar-refractivity contribution is 6.08. The van der Waals surface area contributed by atoms with Gasteiger partial charge in [0.15, 0.2) is 5.92 Å². The number of aromatic nitrogens is 2. The van der Waals surface area contributed by atoms with E-state index in [-0.39, 0.29) is 18.3 Å². The first-order valence-electron chi connectivity index (χ1n) is 10.8. The third-order valence-electron chi connectivity index (χ3n) is 5.71. The molecule has 0 fully saturated rings. The molecule has 1 aromatic heterocycles. The van der Waals surface area contributed by atoms with E-state index < -0.39 is 17.9 Å². The van der Waals surface area contributed by atoms with Gasteiger partial charge in [0.05, 0.1) is 23.7 Å². The summed E-state index contributed by atoms with van der Waals surface area (Å²) >= 11 is 0. The number of para-hydroxylation sites is 2. The van der Waals surface area contributed by atoms with E-state index >= 15 is 0 Å². The molecule has 0 radical (unpaired) electrons. The van der Waals surface area contributed by atoms with E-state index in [4.69, 9.17) is 9.72 Å². The summed E-state index contributed by atoms with van der Waals surface area (Å²) in [5, 5.41) is 9.77. The van der Waals surface area contributed by atoms with Crippen molar-refractivity contribution in [2.45, 2.75) is 39.2 Å². The number of carbonyl (C=O) groups is 2. The van der Waals surface area contributed by atoms with Gasteiger partial charge in [-0.1, -0.05) is 44.0 Å². The summed E-state index contributed by atoms with van der Waals surface area (Å²) in [5.41, 5.74) is 2.35. The molecule has 0 bridgehead atoms. The number of fused-ring (bicyclic) bond motifs is 3. The van der Waals surface area contributed by atoms with Crippen molar-refractivity contribution < 1.29 is 19.4 Å². The quantitative estimate of drug-likeness (QED) is 0.353. The van der Waals surface area contributed by atoms with E-state index in [2.05, 4.69) is 6.92 Å². The van der Waals surface area contributed by atoms with Gasteiger partial charge in [0.1, 0.15) is 5.75 Å². The first kappa shape index (κ1) is 20.9. The van der Waals surface area contributed by atoms with Gasteiger partial charge in [-0.2, -0.15) is 0 Å². The number of anilines is 1. The molecule has 2 heterocycles. The Morgan fingerprint density at radius 3 is 2.55 bits per heavy atom. The molecule has 4 rings (SSSR count). The van der Waals surface area contributed by atoms with Gasteiger partial charge >= 0.3 is 5.97 Å². The van der Waals surface area contributed by atoms with Crippen molar-refractivity contribution in [1.29, 1.82) is 0 Å². The van der Waals surface area contributed by atoms with Crippen molar-refractivity contribution in [2.75, 3.05) is 18.1 Å². The van der Waals surface area contributed by atoms with E-state index in [9.17, 15) is 14.7 Å². The molecule has 1 amide bonds. The molecule has 1 aliphatic rings. The maximum atomic E-state index is 13.6. The Bertz CT molecular complexity index is 1090. The fourth-order valence-corrected chi connectivity index (χ4v) is 4.25. The van der Waals surface area contributed by atoms with Gasteiger partial charge in [-0.05, 0) is 43.2 Å². The Balaban J connectivity index is 1.93. The Morgan fingerprint density at radius 1 is 1.10 bits per heavy atom. The van der Waals surface area contributed by atoms with Crippen LogP contribution in [0.4, 0.5) is 5.95 Å². The van der Waals surface area contributed by atoms with E-state index in [0.29, 0.717) is 12.5 Å². The molecule has 1 aliphatic heterocycles. The van der Waals surface area contributed by atoms with E-state index in [1.165, 1.54) is 0 Å². The molecule has 0 unspecified atom stereocenters. The summed E-state index contributed by atoms with van der Waals surface area (Å²) in [5.74, 6) is -1.21. The molecule has 0 spiro atoms. The Kier molecular flexibility index (Phi) is 5.93. The SMILES string of the molecule is CCCCCN1C(=O)[C@@H](C(=O)OCC)[C@H](c2ccc(O)cc2)n2c1nc1ccccc12. The van der Waals surface area contributed by atoms with Gasteiger partial charge in [0, 0.05) is 6.54 Å². The number of aromatic hydroxyl groups is 1. The molecule has 7 heteroatoms. The molecule has 31 heavy (non-hydrogen) atoms. The zero-order valence-corrected chi connectivity index (χ0v) is 17.8. The number of imidazole rings is 1. The van der Waals surface area contributed by atoms with Crippen molar-refractivity contribution >= 4 is 28.9 Å². The van der Waals surface area contributed by atoms with Crippen molar-refractivity contribution in [2.24, 2.45) is 5.92 Å². The molecule has 162 valence electrons. The number of rotatable bonds is 7. The van der Waals surface area contributed by atoms with Gasteiger partial charge < -0.3 is 14.4 Å². The molecule has 0 saturated carbocycles. The molecule has 0 saturated heterocycles. The highest BCUT2D eigenvalue weighted by Crippen LogP contribution is 2.41. The second-order valence-electron chi connectivity index (χ2n) is 7.73. The van der Waals surface area contributed by atoms with Crippen LogP contribution in [0.25, 0.3) is 11.0 Å². The number of hydrogen-bond acceptors (Lipinski definition) is 5. The molecule has 1 N–H and O–H groups in total. The van der Waals surface area contributed by atoms with Gasteiger partial charge in [-0.15, -0.1) is 0 Å². The lowest BCUT2D eigenvalue weighted by molar-refractivity contribution is -0.153. The van der Waals surface area contributed by atoms with Gasteiger partial charge in [-0.3, -0.25) is 14.5 Å². The maximum absolute atomic E-state index is 13.6. The fraction of sp³-hybridized carbons (Fsp3) is 0.375. The van der Waals surface area contributed by atoms with Crippen LogP contribution in [0.15, 0.2) is 48.5 Å². The number of amides is 1. The number of nitrogens with zero attached hydrogens (tertiary/aromatic N) is 3. The van der Waals surface area contributed by atoms with Gasteiger partial charge in [0.25, 0.3) is 0 Å². The number of phenolic OH excluding ortho intramolecular Hbond substituents is 1. The lowest BCUT2D eigenvalue weighted by atomic mass is 9.89. The van der Waals surface area contributed by atoms with E-state index in [1.807, 2.05) is 28.8 Å². The number of ether oxygens (including phenoxy) is 1. The number of benzene rings is 2. The van der Waals surface area contributed by atoms with Crippen molar-refractivity contribution in [1.82, 2.24) is 9.55 Å². The number of phenols is 1. The summed E-state index contributed by atoms with van der Waals surface area (Å²) in [4.78, 5) is 33.1. The van der Waals surface area contributed by atoms with Crippen LogP contribution in [0.2, 0.25) is 0 Å². The predicted octanol–water partition coefficient (Wildman–Crippen LogP) is 4.05. The van der Waals surface area contributed by atoms with Crippen LogP contribution in [0.5, 0.6) is 5.75 Å². The molecular weight excluding hydrogens is 394 g/mol. The average molecular weight is 421 g/mol. The van der Waals surface area contributed by atoms with Crippen LogP contribution >= 0.6 is 0 Å². The third-order valence-corrected chi connectivity index (χ3v) is 5.71. The van der Waals surface area contributed by atoms with Crippen LogP contribution in [-0.4, -0.2) is 39.7 Å².